The first-order valence-electron chi connectivity index (χ1n) is 16.8. The maximum absolute atomic E-state index is 9.82. The lowest BCUT2D eigenvalue weighted by Crippen LogP contribution is -2.00. The second-order valence-electron chi connectivity index (χ2n) is 12.3. The molecule has 0 unspecified atom stereocenters. The van der Waals surface area contributed by atoms with Gasteiger partial charge in [-0.05, 0) is 58.1 Å². The van der Waals surface area contributed by atoms with E-state index in [1.165, 1.54) is 0 Å². The van der Waals surface area contributed by atoms with Gasteiger partial charge < -0.3 is 4.42 Å². The van der Waals surface area contributed by atoms with E-state index in [2.05, 4.69) is 60.7 Å². The van der Waals surface area contributed by atoms with Crippen molar-refractivity contribution in [2.45, 2.75) is 0 Å². The summed E-state index contributed by atoms with van der Waals surface area (Å²) in [6.45, 7) is 0. The fourth-order valence-electron chi connectivity index (χ4n) is 6.71. The highest BCUT2D eigenvalue weighted by Crippen LogP contribution is 2.46. The second kappa shape index (κ2) is 12.7. The van der Waals surface area contributed by atoms with E-state index in [4.69, 9.17) is 19.4 Å². The van der Waals surface area contributed by atoms with Crippen LogP contribution in [0.3, 0.4) is 0 Å². The van der Waals surface area contributed by atoms with Gasteiger partial charge >= 0.3 is 0 Å². The number of rotatable bonds is 6. The van der Waals surface area contributed by atoms with Crippen LogP contribution >= 0.6 is 0 Å². The SMILES string of the molecule is N#Cc1cccc(-c2ccc(-c3nc(-c4ccccc4)nc(-c4ccccc4)n3)c3oc4c(-c5ccccc5)cc(-c5ccccc5)cc4c23)c1. The molecule has 9 rings (SSSR count). The molecule has 5 heteroatoms. The molecule has 0 atom stereocenters. The molecular weight excluding hydrogens is 625 g/mol. The first-order valence-corrected chi connectivity index (χ1v) is 16.8. The molecule has 0 aliphatic rings. The average molecular weight is 653 g/mol. The van der Waals surface area contributed by atoms with Gasteiger partial charge in [0.15, 0.2) is 17.5 Å². The Morgan fingerprint density at radius 2 is 0.922 bits per heavy atom. The normalized spacial score (nSPS) is 11.1. The largest absolute Gasteiger partial charge is 0.455 e. The molecule has 0 aliphatic carbocycles. The van der Waals surface area contributed by atoms with Gasteiger partial charge in [-0.25, -0.2) is 15.0 Å². The lowest BCUT2D eigenvalue weighted by atomic mass is 9.92. The van der Waals surface area contributed by atoms with Crippen molar-refractivity contribution in [3.63, 3.8) is 0 Å². The van der Waals surface area contributed by atoms with E-state index in [0.717, 1.165) is 66.4 Å². The van der Waals surface area contributed by atoms with Gasteiger partial charge in [-0.2, -0.15) is 5.26 Å². The summed E-state index contributed by atoms with van der Waals surface area (Å²) in [5.41, 5.74) is 10.6. The summed E-state index contributed by atoms with van der Waals surface area (Å²) in [5.74, 6) is 1.66. The van der Waals surface area contributed by atoms with Crippen molar-refractivity contribution in [1.29, 1.82) is 5.26 Å². The minimum absolute atomic E-state index is 0.508. The van der Waals surface area contributed by atoms with E-state index in [1.54, 1.807) is 0 Å². The predicted molar refractivity (Wildman–Crippen MR) is 204 cm³/mol. The number of hydrogen-bond acceptors (Lipinski definition) is 5. The van der Waals surface area contributed by atoms with Crippen LogP contribution in [0.1, 0.15) is 5.56 Å². The van der Waals surface area contributed by atoms with Crippen molar-refractivity contribution in [2.24, 2.45) is 0 Å². The Hall–Kier alpha value is -7.16. The Morgan fingerprint density at radius 3 is 1.53 bits per heavy atom. The minimum atomic E-state index is 0.508. The van der Waals surface area contributed by atoms with Gasteiger partial charge in [-0.15, -0.1) is 0 Å². The molecule has 238 valence electrons. The van der Waals surface area contributed by atoms with E-state index in [1.807, 2.05) is 115 Å². The second-order valence-corrected chi connectivity index (χ2v) is 12.3. The van der Waals surface area contributed by atoms with Crippen molar-refractivity contribution in [3.8, 4) is 73.6 Å². The van der Waals surface area contributed by atoms with E-state index in [-0.39, 0.29) is 0 Å². The fourth-order valence-corrected chi connectivity index (χ4v) is 6.71. The van der Waals surface area contributed by atoms with Crippen LogP contribution in [0.4, 0.5) is 0 Å². The Kier molecular flexibility index (Phi) is 7.46. The summed E-state index contributed by atoms with van der Waals surface area (Å²) in [4.78, 5) is 15.1. The zero-order valence-corrected chi connectivity index (χ0v) is 27.4. The molecule has 0 saturated heterocycles. The number of aromatic nitrogens is 3. The number of benzene rings is 7. The molecule has 7 aromatic carbocycles. The van der Waals surface area contributed by atoms with E-state index < -0.39 is 0 Å². The smallest absolute Gasteiger partial charge is 0.167 e. The third-order valence-corrected chi connectivity index (χ3v) is 9.15. The number of nitrogens with zero attached hydrogens (tertiary/aromatic N) is 4. The topological polar surface area (TPSA) is 75.6 Å². The van der Waals surface area contributed by atoms with Crippen LogP contribution in [-0.2, 0) is 0 Å². The van der Waals surface area contributed by atoms with E-state index in [0.29, 0.717) is 28.6 Å². The molecule has 0 fully saturated rings. The monoisotopic (exact) mass is 652 g/mol. The first-order chi connectivity index (χ1) is 25.2. The Balaban J connectivity index is 1.40. The van der Waals surface area contributed by atoms with Crippen LogP contribution in [0.25, 0.3) is 89.5 Å². The van der Waals surface area contributed by atoms with Gasteiger partial charge in [0.2, 0.25) is 0 Å². The van der Waals surface area contributed by atoms with Crippen LogP contribution in [0.2, 0.25) is 0 Å². The van der Waals surface area contributed by atoms with Crippen molar-refractivity contribution < 1.29 is 4.42 Å². The molecule has 2 heterocycles. The standard InChI is InChI=1S/C46H28N4O/c47-29-30-14-13-23-35(26-30)37-24-25-38(46-49-44(33-19-9-3-10-20-33)48-45(50-46)34-21-11-4-12-22-34)43-41(37)40-28-36(31-15-5-1-6-16-31)27-39(42(40)51-43)32-17-7-2-8-18-32/h1-28H. The molecule has 0 bridgehead atoms. The van der Waals surface area contributed by atoms with Gasteiger partial charge in [0, 0.05) is 27.5 Å². The summed E-state index contributed by atoms with van der Waals surface area (Å²) >= 11 is 0. The van der Waals surface area contributed by atoms with Crippen LogP contribution in [0.15, 0.2) is 174 Å². The number of furan rings is 1. The molecule has 51 heavy (non-hydrogen) atoms. The highest BCUT2D eigenvalue weighted by molar-refractivity contribution is 6.19. The molecule has 0 saturated carbocycles. The summed E-state index contributed by atoms with van der Waals surface area (Å²) in [6.07, 6.45) is 0. The average Bonchev–Trinajstić information content (AvgIpc) is 3.61. The van der Waals surface area contributed by atoms with Crippen LogP contribution in [0.5, 0.6) is 0 Å². The highest BCUT2D eigenvalue weighted by atomic mass is 16.3. The predicted octanol–water partition coefficient (Wildman–Crippen LogP) is 11.6. The Labute approximate surface area is 294 Å². The van der Waals surface area contributed by atoms with Crippen LogP contribution < -0.4 is 0 Å². The molecule has 0 spiro atoms. The van der Waals surface area contributed by atoms with Gasteiger partial charge in [0.25, 0.3) is 0 Å². The molecule has 0 radical (unpaired) electrons. The molecule has 0 aliphatic heterocycles. The molecule has 0 amide bonds. The van der Waals surface area contributed by atoms with Gasteiger partial charge in [0.05, 0.1) is 17.2 Å². The van der Waals surface area contributed by atoms with Crippen LogP contribution in [-0.4, -0.2) is 15.0 Å². The van der Waals surface area contributed by atoms with E-state index in [9.17, 15) is 5.26 Å². The minimum Gasteiger partial charge on any atom is -0.455 e. The third kappa shape index (κ3) is 5.51. The summed E-state index contributed by atoms with van der Waals surface area (Å²) in [5, 5.41) is 11.7. The van der Waals surface area contributed by atoms with Crippen molar-refractivity contribution >= 4 is 21.9 Å². The van der Waals surface area contributed by atoms with Crippen LogP contribution in [0, 0.1) is 11.3 Å². The lowest BCUT2D eigenvalue weighted by molar-refractivity contribution is 0.670. The number of nitriles is 1. The third-order valence-electron chi connectivity index (χ3n) is 9.15. The first kappa shape index (κ1) is 29.9. The quantitative estimate of drug-likeness (QED) is 0.179. The number of fused-ring (bicyclic) bond motifs is 3. The zero-order valence-electron chi connectivity index (χ0n) is 27.4. The summed E-state index contributed by atoms with van der Waals surface area (Å²) < 4.78 is 7.06. The van der Waals surface area contributed by atoms with Crippen molar-refractivity contribution in [1.82, 2.24) is 15.0 Å². The lowest BCUT2D eigenvalue weighted by Gasteiger charge is -2.11. The zero-order chi connectivity index (χ0) is 34.1. The van der Waals surface area contributed by atoms with Crippen molar-refractivity contribution in [2.75, 3.05) is 0 Å². The number of hydrogen-bond donors (Lipinski definition) is 0. The maximum Gasteiger partial charge on any atom is 0.167 e. The van der Waals surface area contributed by atoms with Gasteiger partial charge in [0.1, 0.15) is 11.2 Å². The van der Waals surface area contributed by atoms with E-state index >= 15 is 0 Å². The van der Waals surface area contributed by atoms with Gasteiger partial charge in [-0.1, -0.05) is 140 Å². The Morgan fingerprint density at radius 1 is 0.392 bits per heavy atom. The molecule has 5 nitrogen and oxygen atoms in total. The van der Waals surface area contributed by atoms with Gasteiger partial charge in [-0.3, -0.25) is 0 Å². The highest BCUT2D eigenvalue weighted by Gasteiger charge is 2.23. The molecular formula is C46H28N4O. The van der Waals surface area contributed by atoms with Crippen molar-refractivity contribution in [3.05, 3.63) is 175 Å². The summed E-state index contributed by atoms with van der Waals surface area (Å²) in [6, 6.07) is 59.2. The maximum atomic E-state index is 9.82. The molecule has 2 aromatic heterocycles. The Bertz CT molecular complexity index is 2680. The fraction of sp³-hybridized carbons (Fsp3) is 0. The summed E-state index contributed by atoms with van der Waals surface area (Å²) in [7, 11) is 0. The molecule has 0 N–H and O–H groups in total. The molecule has 9 aromatic rings.